The van der Waals surface area contributed by atoms with Crippen LogP contribution in [0, 0.1) is 0 Å². The van der Waals surface area contributed by atoms with Gasteiger partial charge >= 0.3 is 5.97 Å². The molecule has 1 atom stereocenters. The number of hydrogen-bond donors (Lipinski definition) is 2. The maximum atomic E-state index is 12.0. The molecule has 21 heavy (non-hydrogen) atoms. The molecule has 116 valence electrons. The molecule has 0 radical (unpaired) electrons. The van der Waals surface area contributed by atoms with Gasteiger partial charge in [-0.2, -0.15) is 0 Å². The van der Waals surface area contributed by atoms with E-state index < -0.39 is 5.97 Å². The van der Waals surface area contributed by atoms with Crippen LogP contribution in [0.4, 0.5) is 0 Å². The van der Waals surface area contributed by atoms with E-state index in [-0.39, 0.29) is 18.4 Å². The van der Waals surface area contributed by atoms with Crippen LogP contribution in [0.1, 0.15) is 37.0 Å². The predicted octanol–water partition coefficient (Wildman–Crippen LogP) is 2.08. The van der Waals surface area contributed by atoms with Crippen LogP contribution < -0.4 is 5.32 Å². The number of nitrogens with zero attached hydrogens (tertiary/aromatic N) is 1. The minimum Gasteiger partial charge on any atom is -0.481 e. The summed E-state index contributed by atoms with van der Waals surface area (Å²) in [6.45, 7) is 1.83. The highest BCUT2D eigenvalue weighted by molar-refractivity contribution is 7.09. The average molecular weight is 310 g/mol. The van der Waals surface area contributed by atoms with Crippen molar-refractivity contribution < 1.29 is 14.7 Å². The minimum absolute atomic E-state index is 0.0191. The predicted molar refractivity (Wildman–Crippen MR) is 82.2 cm³/mol. The number of nitrogens with one attached hydrogen (secondary N) is 1. The number of aliphatic carboxylic acids is 1. The number of carboxylic acid groups (broad SMARTS) is 1. The first-order valence-corrected chi connectivity index (χ1v) is 8.28. The topological polar surface area (TPSA) is 69.6 Å². The van der Waals surface area contributed by atoms with Crippen LogP contribution in [-0.4, -0.2) is 41.0 Å². The molecule has 5 nitrogen and oxygen atoms in total. The molecular weight excluding hydrogens is 288 g/mol. The SMILES string of the molecule is O=C(O)CCC1CCCCN1CC(=O)NCc1cccs1. The zero-order valence-corrected chi connectivity index (χ0v) is 12.9. The van der Waals surface area contributed by atoms with Gasteiger partial charge in [-0.1, -0.05) is 12.5 Å². The van der Waals surface area contributed by atoms with Crippen LogP contribution in [0.15, 0.2) is 17.5 Å². The quantitative estimate of drug-likeness (QED) is 0.809. The van der Waals surface area contributed by atoms with Gasteiger partial charge in [0, 0.05) is 17.3 Å². The maximum Gasteiger partial charge on any atom is 0.303 e. The lowest BCUT2D eigenvalue weighted by atomic mass is 9.98. The van der Waals surface area contributed by atoms with Gasteiger partial charge < -0.3 is 10.4 Å². The lowest BCUT2D eigenvalue weighted by molar-refractivity contribution is -0.137. The highest BCUT2D eigenvalue weighted by atomic mass is 32.1. The van der Waals surface area contributed by atoms with E-state index in [1.165, 1.54) is 0 Å². The molecule has 1 aromatic heterocycles. The summed E-state index contributed by atoms with van der Waals surface area (Å²) in [5.41, 5.74) is 0. The van der Waals surface area contributed by atoms with Crippen LogP contribution in [0.5, 0.6) is 0 Å². The van der Waals surface area contributed by atoms with E-state index in [2.05, 4.69) is 10.2 Å². The summed E-state index contributed by atoms with van der Waals surface area (Å²) in [5.74, 6) is -0.742. The average Bonchev–Trinajstić information content (AvgIpc) is 2.97. The summed E-state index contributed by atoms with van der Waals surface area (Å²) in [4.78, 5) is 26.0. The number of thiophene rings is 1. The van der Waals surface area contributed by atoms with Crippen LogP contribution >= 0.6 is 11.3 Å². The Bertz CT molecular complexity index is 461. The zero-order chi connectivity index (χ0) is 15.1. The monoisotopic (exact) mass is 310 g/mol. The van der Waals surface area contributed by atoms with Crippen LogP contribution in [0.25, 0.3) is 0 Å². The summed E-state index contributed by atoms with van der Waals surface area (Å²) >= 11 is 1.63. The number of hydrogen-bond acceptors (Lipinski definition) is 4. The van der Waals surface area contributed by atoms with E-state index in [0.29, 0.717) is 19.5 Å². The highest BCUT2D eigenvalue weighted by Gasteiger charge is 2.24. The summed E-state index contributed by atoms with van der Waals surface area (Å²) in [7, 11) is 0. The third-order valence-electron chi connectivity index (χ3n) is 3.83. The molecule has 1 aliphatic heterocycles. The molecule has 1 saturated heterocycles. The largest absolute Gasteiger partial charge is 0.481 e. The molecule has 0 saturated carbocycles. The number of carbonyl (C=O) groups is 2. The molecule has 1 amide bonds. The van der Waals surface area contributed by atoms with Crippen LogP contribution in [0.3, 0.4) is 0 Å². The number of carbonyl (C=O) groups excluding carboxylic acids is 1. The number of rotatable bonds is 7. The third kappa shape index (κ3) is 5.47. The molecule has 2 heterocycles. The number of amides is 1. The van der Waals surface area contributed by atoms with Crippen LogP contribution in [0.2, 0.25) is 0 Å². The van der Waals surface area contributed by atoms with Crippen molar-refractivity contribution in [3.63, 3.8) is 0 Å². The standard InChI is InChI=1S/C15H22N2O3S/c18-14(16-10-13-5-3-9-21-13)11-17-8-2-1-4-12(17)6-7-15(19)20/h3,5,9,12H,1-2,4,6-8,10-11H2,(H,16,18)(H,19,20). The van der Waals surface area contributed by atoms with Gasteiger partial charge in [0.1, 0.15) is 0 Å². The van der Waals surface area contributed by atoms with Crippen molar-refractivity contribution in [2.75, 3.05) is 13.1 Å². The van der Waals surface area contributed by atoms with E-state index in [1.807, 2.05) is 17.5 Å². The van der Waals surface area contributed by atoms with Gasteiger partial charge in [-0.25, -0.2) is 0 Å². The number of piperidine rings is 1. The van der Waals surface area contributed by atoms with Gasteiger partial charge in [0.05, 0.1) is 13.1 Å². The Morgan fingerprint density at radius 3 is 3.00 bits per heavy atom. The molecule has 1 unspecified atom stereocenters. The van der Waals surface area contributed by atoms with Gasteiger partial charge in [-0.3, -0.25) is 14.5 Å². The molecule has 6 heteroatoms. The van der Waals surface area contributed by atoms with Crippen LogP contribution in [-0.2, 0) is 16.1 Å². The first-order chi connectivity index (χ1) is 10.1. The fourth-order valence-corrected chi connectivity index (χ4v) is 3.37. The Morgan fingerprint density at radius 1 is 1.43 bits per heavy atom. The number of carboxylic acids is 1. The van der Waals surface area contributed by atoms with Crippen molar-refractivity contribution in [2.24, 2.45) is 0 Å². The summed E-state index contributed by atoms with van der Waals surface area (Å²) < 4.78 is 0. The number of likely N-dealkylation sites (tertiary alicyclic amines) is 1. The fourth-order valence-electron chi connectivity index (χ4n) is 2.72. The molecule has 1 aromatic rings. The van der Waals surface area contributed by atoms with E-state index in [0.717, 1.165) is 30.7 Å². The van der Waals surface area contributed by atoms with Crippen molar-refractivity contribution in [1.29, 1.82) is 0 Å². The first-order valence-electron chi connectivity index (χ1n) is 7.40. The van der Waals surface area contributed by atoms with Crippen molar-refractivity contribution in [1.82, 2.24) is 10.2 Å². The Labute approximate surface area is 129 Å². The fraction of sp³-hybridized carbons (Fsp3) is 0.600. The second kappa shape index (κ2) is 8.14. The summed E-state index contributed by atoms with van der Waals surface area (Å²) in [6, 6.07) is 4.20. The molecule has 0 bridgehead atoms. The minimum atomic E-state index is -0.761. The molecule has 2 N–H and O–H groups in total. The Morgan fingerprint density at radius 2 is 2.29 bits per heavy atom. The second-order valence-corrected chi connectivity index (χ2v) is 6.44. The molecule has 1 fully saturated rings. The lowest BCUT2D eigenvalue weighted by Gasteiger charge is -2.35. The Kier molecular flexibility index (Phi) is 6.20. The van der Waals surface area contributed by atoms with Crippen molar-refractivity contribution in [3.05, 3.63) is 22.4 Å². The molecule has 1 aliphatic rings. The highest BCUT2D eigenvalue weighted by Crippen LogP contribution is 2.20. The normalized spacial score (nSPS) is 19.3. The smallest absolute Gasteiger partial charge is 0.303 e. The van der Waals surface area contributed by atoms with E-state index in [9.17, 15) is 9.59 Å². The van der Waals surface area contributed by atoms with Gasteiger partial charge in [-0.05, 0) is 37.3 Å². The van der Waals surface area contributed by atoms with Gasteiger partial charge in [0.15, 0.2) is 0 Å². The molecule has 0 spiro atoms. The molecule has 0 aliphatic carbocycles. The Balaban J connectivity index is 1.77. The first kappa shape index (κ1) is 16.0. The molecule has 0 aromatic carbocycles. The lowest BCUT2D eigenvalue weighted by Crippen LogP contribution is -2.45. The van der Waals surface area contributed by atoms with Crippen molar-refractivity contribution >= 4 is 23.2 Å². The van der Waals surface area contributed by atoms with Crippen molar-refractivity contribution in [3.8, 4) is 0 Å². The maximum absolute atomic E-state index is 12.0. The third-order valence-corrected chi connectivity index (χ3v) is 4.70. The van der Waals surface area contributed by atoms with E-state index in [4.69, 9.17) is 5.11 Å². The zero-order valence-electron chi connectivity index (χ0n) is 12.1. The Hall–Kier alpha value is -1.40. The van der Waals surface area contributed by atoms with Crippen molar-refractivity contribution in [2.45, 2.75) is 44.7 Å². The van der Waals surface area contributed by atoms with Gasteiger partial charge in [-0.15, -0.1) is 11.3 Å². The molecular formula is C15H22N2O3S. The summed E-state index contributed by atoms with van der Waals surface area (Å²) in [6.07, 6.45) is 4.01. The second-order valence-electron chi connectivity index (χ2n) is 5.41. The molecule has 2 rings (SSSR count). The van der Waals surface area contributed by atoms with Gasteiger partial charge in [0.2, 0.25) is 5.91 Å². The van der Waals surface area contributed by atoms with E-state index in [1.54, 1.807) is 11.3 Å². The summed E-state index contributed by atoms with van der Waals surface area (Å²) in [5, 5.41) is 13.7. The van der Waals surface area contributed by atoms with E-state index >= 15 is 0 Å². The van der Waals surface area contributed by atoms with Gasteiger partial charge in [0.25, 0.3) is 0 Å².